The maximum atomic E-state index is 11.4. The van der Waals surface area contributed by atoms with Crippen molar-refractivity contribution >= 4 is 5.97 Å². The third-order valence-corrected chi connectivity index (χ3v) is 7.90. The van der Waals surface area contributed by atoms with Crippen LogP contribution in [-0.2, 0) is 23.2 Å². The molecule has 0 atom stereocenters. The molecule has 8 heteroatoms. The quantitative estimate of drug-likeness (QED) is 0.387. The standard InChI is InChI=1S/C29H29N5O3/c35-28(36)22-9-13-29(14-10-22)12-8-20-6-7-23(18-24(20)29)37-17-16-34-19-26(32-33-34)25-11-15-30-27(31-25)21-4-2-1-3-5-21/h1-7,11,15,18-19,22H,8-10,12-14,16-17H2,(H,35,36). The molecule has 1 N–H and O–H groups in total. The van der Waals surface area contributed by atoms with E-state index in [-0.39, 0.29) is 11.3 Å². The molecule has 2 aliphatic rings. The maximum absolute atomic E-state index is 11.4. The molecule has 6 rings (SSSR count). The van der Waals surface area contributed by atoms with Gasteiger partial charge in [-0.3, -0.25) is 4.79 Å². The van der Waals surface area contributed by atoms with E-state index >= 15 is 0 Å². The van der Waals surface area contributed by atoms with Gasteiger partial charge in [0.2, 0.25) is 0 Å². The predicted octanol–water partition coefficient (Wildman–Crippen LogP) is 4.94. The number of nitrogens with zero attached hydrogens (tertiary/aromatic N) is 5. The lowest BCUT2D eigenvalue weighted by atomic mass is 9.67. The maximum Gasteiger partial charge on any atom is 0.306 e. The largest absolute Gasteiger partial charge is 0.492 e. The highest BCUT2D eigenvalue weighted by Crippen LogP contribution is 2.50. The number of hydrogen-bond acceptors (Lipinski definition) is 6. The Balaban J connectivity index is 1.09. The van der Waals surface area contributed by atoms with E-state index in [2.05, 4.69) is 32.4 Å². The van der Waals surface area contributed by atoms with Gasteiger partial charge in [0.25, 0.3) is 0 Å². The van der Waals surface area contributed by atoms with E-state index in [9.17, 15) is 9.90 Å². The zero-order valence-electron chi connectivity index (χ0n) is 20.6. The number of fused-ring (bicyclic) bond motifs is 2. The van der Waals surface area contributed by atoms with Crippen LogP contribution < -0.4 is 4.74 Å². The topological polar surface area (TPSA) is 103 Å². The van der Waals surface area contributed by atoms with Crippen LogP contribution in [0.4, 0.5) is 0 Å². The zero-order valence-corrected chi connectivity index (χ0v) is 20.6. The highest BCUT2D eigenvalue weighted by atomic mass is 16.5. The number of rotatable bonds is 7. The molecular formula is C29H29N5O3. The van der Waals surface area contributed by atoms with Crippen LogP contribution in [0.2, 0.25) is 0 Å². The molecule has 0 unspecified atom stereocenters. The van der Waals surface area contributed by atoms with Crippen LogP contribution >= 0.6 is 0 Å². The van der Waals surface area contributed by atoms with Crippen LogP contribution in [0.15, 0.2) is 67.0 Å². The van der Waals surface area contributed by atoms with Gasteiger partial charge in [-0.1, -0.05) is 41.6 Å². The number of aliphatic carboxylic acids is 1. The first-order valence-electron chi connectivity index (χ1n) is 12.9. The van der Waals surface area contributed by atoms with Gasteiger partial charge in [0.15, 0.2) is 5.82 Å². The summed E-state index contributed by atoms with van der Waals surface area (Å²) in [5.41, 5.74) is 5.21. The Kier molecular flexibility index (Phi) is 6.16. The number of carboxylic acid groups (broad SMARTS) is 1. The highest BCUT2D eigenvalue weighted by Gasteiger charge is 2.43. The van der Waals surface area contributed by atoms with E-state index < -0.39 is 5.97 Å². The molecule has 37 heavy (non-hydrogen) atoms. The summed E-state index contributed by atoms with van der Waals surface area (Å²) in [6.45, 7) is 1.03. The number of ether oxygens (including phenoxy) is 1. The van der Waals surface area contributed by atoms with Gasteiger partial charge in [-0.15, -0.1) is 5.10 Å². The predicted molar refractivity (Wildman–Crippen MR) is 138 cm³/mol. The fourth-order valence-corrected chi connectivity index (χ4v) is 5.81. The normalized spacial score (nSPS) is 20.6. The van der Waals surface area contributed by atoms with Crippen molar-refractivity contribution in [2.45, 2.75) is 50.5 Å². The number of benzene rings is 2. The summed E-state index contributed by atoms with van der Waals surface area (Å²) in [4.78, 5) is 20.4. The summed E-state index contributed by atoms with van der Waals surface area (Å²) < 4.78 is 7.88. The van der Waals surface area contributed by atoms with Gasteiger partial charge >= 0.3 is 5.97 Å². The van der Waals surface area contributed by atoms with E-state index in [0.717, 1.165) is 55.5 Å². The van der Waals surface area contributed by atoms with Crippen LogP contribution in [0.5, 0.6) is 5.75 Å². The lowest BCUT2D eigenvalue weighted by Gasteiger charge is -2.37. The first kappa shape index (κ1) is 23.3. The van der Waals surface area contributed by atoms with Crippen molar-refractivity contribution in [1.29, 1.82) is 0 Å². The van der Waals surface area contributed by atoms with Crippen molar-refractivity contribution in [2.75, 3.05) is 6.61 Å². The third-order valence-electron chi connectivity index (χ3n) is 7.90. The Morgan fingerprint density at radius 3 is 2.70 bits per heavy atom. The minimum atomic E-state index is -0.655. The second kappa shape index (κ2) is 9.76. The Bertz CT molecular complexity index is 1410. The minimum Gasteiger partial charge on any atom is -0.492 e. The Labute approximate surface area is 215 Å². The molecule has 0 bridgehead atoms. The molecule has 2 aromatic carbocycles. The van der Waals surface area contributed by atoms with Gasteiger partial charge in [0.05, 0.1) is 24.4 Å². The van der Waals surface area contributed by atoms with Crippen molar-refractivity contribution in [1.82, 2.24) is 25.0 Å². The van der Waals surface area contributed by atoms with Gasteiger partial charge in [0.1, 0.15) is 18.1 Å². The smallest absolute Gasteiger partial charge is 0.306 e. The number of carboxylic acids is 1. The Morgan fingerprint density at radius 1 is 1.05 bits per heavy atom. The summed E-state index contributed by atoms with van der Waals surface area (Å²) in [6, 6.07) is 18.1. The first-order chi connectivity index (χ1) is 18.1. The summed E-state index contributed by atoms with van der Waals surface area (Å²) in [7, 11) is 0. The van der Waals surface area contributed by atoms with Crippen LogP contribution in [0.3, 0.4) is 0 Å². The Morgan fingerprint density at radius 2 is 1.89 bits per heavy atom. The third kappa shape index (κ3) is 4.71. The highest BCUT2D eigenvalue weighted by molar-refractivity contribution is 5.70. The molecule has 1 spiro atoms. The van der Waals surface area contributed by atoms with Crippen molar-refractivity contribution in [3.8, 4) is 28.5 Å². The fourth-order valence-electron chi connectivity index (χ4n) is 5.81. The Hall–Kier alpha value is -4.07. The molecule has 0 aliphatic heterocycles. The molecule has 1 saturated carbocycles. The monoisotopic (exact) mass is 495 g/mol. The van der Waals surface area contributed by atoms with Gasteiger partial charge in [-0.2, -0.15) is 0 Å². The first-order valence-corrected chi connectivity index (χ1v) is 12.9. The summed E-state index contributed by atoms with van der Waals surface area (Å²) >= 11 is 0. The SMILES string of the molecule is O=C(O)C1CCC2(CCc3ccc(OCCn4cc(-c5ccnc(-c6ccccc6)n5)nn4)cc32)CC1. The zero-order chi connectivity index (χ0) is 25.2. The van der Waals surface area contributed by atoms with Crippen LogP contribution in [-0.4, -0.2) is 42.6 Å². The van der Waals surface area contributed by atoms with Gasteiger partial charge in [-0.05, 0) is 73.3 Å². The van der Waals surface area contributed by atoms with Gasteiger partial charge in [-0.25, -0.2) is 14.6 Å². The van der Waals surface area contributed by atoms with Crippen molar-refractivity contribution in [2.24, 2.45) is 5.92 Å². The molecule has 4 aromatic rings. The van der Waals surface area contributed by atoms with Crippen molar-refractivity contribution in [3.05, 3.63) is 78.1 Å². The molecule has 1 fully saturated rings. The van der Waals surface area contributed by atoms with E-state index in [1.54, 1.807) is 10.9 Å². The fraction of sp³-hybridized carbons (Fsp3) is 0.345. The molecular weight excluding hydrogens is 466 g/mol. The summed E-state index contributed by atoms with van der Waals surface area (Å²) in [5.74, 6) is 0.651. The molecule has 188 valence electrons. The molecule has 8 nitrogen and oxygen atoms in total. The van der Waals surface area contributed by atoms with Crippen LogP contribution in [0, 0.1) is 5.92 Å². The second-order valence-electron chi connectivity index (χ2n) is 10.1. The molecule has 2 heterocycles. The molecule has 0 radical (unpaired) electrons. The average molecular weight is 496 g/mol. The summed E-state index contributed by atoms with van der Waals surface area (Å²) in [5, 5.41) is 17.9. The number of aryl methyl sites for hydroxylation is 1. The molecule has 2 aromatic heterocycles. The molecule has 0 amide bonds. The molecule has 2 aliphatic carbocycles. The number of carbonyl (C=O) groups is 1. The number of aromatic nitrogens is 5. The molecule has 0 saturated heterocycles. The van der Waals surface area contributed by atoms with Crippen molar-refractivity contribution < 1.29 is 14.6 Å². The van der Waals surface area contributed by atoms with Gasteiger partial charge < -0.3 is 9.84 Å². The van der Waals surface area contributed by atoms with E-state index in [4.69, 9.17) is 4.74 Å². The van der Waals surface area contributed by atoms with Crippen LogP contribution in [0.1, 0.15) is 43.2 Å². The lowest BCUT2D eigenvalue weighted by molar-refractivity contribution is -0.143. The van der Waals surface area contributed by atoms with Gasteiger partial charge in [0, 0.05) is 11.8 Å². The minimum absolute atomic E-state index is 0.109. The van der Waals surface area contributed by atoms with E-state index in [1.165, 1.54) is 11.1 Å². The second-order valence-corrected chi connectivity index (χ2v) is 10.1. The summed E-state index contributed by atoms with van der Waals surface area (Å²) in [6.07, 6.45) is 9.18. The van der Waals surface area contributed by atoms with Crippen molar-refractivity contribution in [3.63, 3.8) is 0 Å². The van der Waals surface area contributed by atoms with Crippen LogP contribution in [0.25, 0.3) is 22.8 Å². The van der Waals surface area contributed by atoms with E-state index in [1.807, 2.05) is 48.7 Å². The average Bonchev–Trinajstić information content (AvgIpc) is 3.55. The van der Waals surface area contributed by atoms with E-state index in [0.29, 0.717) is 24.7 Å². The number of hydrogen-bond donors (Lipinski definition) is 1. The lowest BCUT2D eigenvalue weighted by Crippen LogP contribution is -2.32.